The number of carbonyl (C=O) groups excluding carboxylic acids is 2. The molecule has 0 aliphatic rings. The molecule has 0 saturated heterocycles. The van der Waals surface area contributed by atoms with Gasteiger partial charge in [-0.2, -0.15) is 0 Å². The fraction of sp³-hybridized carbons (Fsp3) is 0.920. The second-order valence-corrected chi connectivity index (χ2v) is 8.39. The molecule has 1 N–H and O–H groups in total. The van der Waals surface area contributed by atoms with Gasteiger partial charge >= 0.3 is 12.1 Å². The molecule has 30 heavy (non-hydrogen) atoms. The van der Waals surface area contributed by atoms with Gasteiger partial charge in [-0.05, 0) is 19.3 Å². The molecule has 0 heterocycles. The van der Waals surface area contributed by atoms with E-state index in [1.807, 2.05) is 6.92 Å². The van der Waals surface area contributed by atoms with E-state index >= 15 is 0 Å². The number of rotatable bonds is 21. The molecule has 0 rings (SSSR count). The lowest BCUT2D eigenvalue weighted by Gasteiger charge is -2.17. The van der Waals surface area contributed by atoms with E-state index in [1.54, 1.807) is 0 Å². The van der Waals surface area contributed by atoms with E-state index in [0.29, 0.717) is 19.6 Å². The molecule has 0 radical (unpaired) electrons. The molecule has 0 spiro atoms. The molecule has 0 fully saturated rings. The van der Waals surface area contributed by atoms with Gasteiger partial charge in [-0.3, -0.25) is 0 Å². The van der Waals surface area contributed by atoms with Crippen LogP contribution in [0.25, 0.3) is 0 Å². The average Bonchev–Trinajstić information content (AvgIpc) is 2.74. The first-order valence-corrected chi connectivity index (χ1v) is 12.8. The van der Waals surface area contributed by atoms with Gasteiger partial charge in [0.15, 0.2) is 0 Å². The van der Waals surface area contributed by atoms with Crippen LogP contribution in [0.15, 0.2) is 0 Å². The number of ether oxygens (including phenoxy) is 2. The summed E-state index contributed by atoms with van der Waals surface area (Å²) in [5.41, 5.74) is 0. The topological polar surface area (TPSA) is 64.6 Å². The molecule has 0 aliphatic carbocycles. The summed E-state index contributed by atoms with van der Waals surface area (Å²) in [7, 11) is 0. The monoisotopic (exact) mass is 427 g/mol. The van der Waals surface area contributed by atoms with Crippen LogP contribution in [0.2, 0.25) is 0 Å². The number of esters is 1. The number of hydrogen-bond donors (Lipinski definition) is 1. The summed E-state index contributed by atoms with van der Waals surface area (Å²) in [4.78, 5) is 24.4. The maximum atomic E-state index is 12.4. The molecular weight excluding hydrogens is 378 g/mol. The largest absolute Gasteiger partial charge is 0.464 e. The predicted octanol–water partition coefficient (Wildman–Crippen LogP) is 7.32. The van der Waals surface area contributed by atoms with Crippen molar-refractivity contribution in [1.29, 1.82) is 0 Å². The van der Waals surface area contributed by atoms with E-state index in [9.17, 15) is 9.59 Å². The van der Waals surface area contributed by atoms with E-state index in [1.165, 1.54) is 51.4 Å². The summed E-state index contributed by atoms with van der Waals surface area (Å²) in [5, 5.41) is 2.71. The first-order valence-electron chi connectivity index (χ1n) is 12.8. The summed E-state index contributed by atoms with van der Waals surface area (Å²) in [6.45, 7) is 7.27. The quantitative estimate of drug-likeness (QED) is 0.154. The Kier molecular flexibility index (Phi) is 21.5. The third-order valence-electron chi connectivity index (χ3n) is 5.40. The fourth-order valence-electron chi connectivity index (χ4n) is 3.38. The third-order valence-corrected chi connectivity index (χ3v) is 5.40. The van der Waals surface area contributed by atoms with Gasteiger partial charge in [0.25, 0.3) is 0 Å². The highest BCUT2D eigenvalue weighted by atomic mass is 16.6. The lowest BCUT2D eigenvalue weighted by molar-refractivity contribution is -0.146. The zero-order chi connectivity index (χ0) is 22.3. The summed E-state index contributed by atoms with van der Waals surface area (Å²) < 4.78 is 10.6. The molecule has 178 valence electrons. The molecule has 5 heteroatoms. The number of carbonyl (C=O) groups is 2. The van der Waals surface area contributed by atoms with Crippen molar-refractivity contribution >= 4 is 12.1 Å². The van der Waals surface area contributed by atoms with Gasteiger partial charge < -0.3 is 14.8 Å². The standard InChI is InChI=1S/C25H49NO4/c1-4-7-10-12-13-14-15-16-17-19-22-29-24(27)23(20-18-11-8-5-2)26-25(28)30-21-9-6-3/h23H,4-22H2,1-3H3,(H,26,28). The summed E-state index contributed by atoms with van der Waals surface area (Å²) in [5.74, 6) is -0.324. The van der Waals surface area contributed by atoms with Crippen molar-refractivity contribution in [1.82, 2.24) is 5.32 Å². The fourth-order valence-corrected chi connectivity index (χ4v) is 3.38. The third kappa shape index (κ3) is 18.7. The molecule has 0 aromatic heterocycles. The summed E-state index contributed by atoms with van der Waals surface area (Å²) in [6.07, 6.45) is 18.6. The number of nitrogens with one attached hydrogen (secondary N) is 1. The van der Waals surface area contributed by atoms with Crippen LogP contribution in [0.5, 0.6) is 0 Å². The molecule has 5 nitrogen and oxygen atoms in total. The molecule has 1 unspecified atom stereocenters. The molecule has 0 aliphatic heterocycles. The van der Waals surface area contributed by atoms with E-state index in [4.69, 9.17) is 9.47 Å². The van der Waals surface area contributed by atoms with Gasteiger partial charge in [0, 0.05) is 0 Å². The molecule has 1 atom stereocenters. The Hall–Kier alpha value is -1.26. The highest BCUT2D eigenvalue weighted by Crippen LogP contribution is 2.11. The Morgan fingerprint density at radius 2 is 1.07 bits per heavy atom. The van der Waals surface area contributed by atoms with Crippen molar-refractivity contribution in [2.45, 2.75) is 136 Å². The van der Waals surface area contributed by atoms with Gasteiger partial charge in [-0.1, -0.05) is 111 Å². The zero-order valence-electron chi connectivity index (χ0n) is 20.1. The van der Waals surface area contributed by atoms with Crippen molar-refractivity contribution in [2.75, 3.05) is 13.2 Å². The van der Waals surface area contributed by atoms with Crippen LogP contribution in [0.1, 0.15) is 130 Å². The number of alkyl carbamates (subject to hydrolysis) is 1. The second-order valence-electron chi connectivity index (χ2n) is 8.39. The van der Waals surface area contributed by atoms with Crippen LogP contribution < -0.4 is 5.32 Å². The Bertz CT molecular complexity index is 401. The minimum atomic E-state index is -0.598. The molecule has 1 amide bonds. The zero-order valence-corrected chi connectivity index (χ0v) is 20.1. The number of amides is 1. The lowest BCUT2D eigenvalue weighted by atomic mass is 10.1. The second kappa shape index (κ2) is 22.4. The predicted molar refractivity (Wildman–Crippen MR) is 125 cm³/mol. The summed E-state index contributed by atoms with van der Waals surface area (Å²) >= 11 is 0. The van der Waals surface area contributed by atoms with Crippen molar-refractivity contribution in [3.63, 3.8) is 0 Å². The average molecular weight is 428 g/mol. The van der Waals surface area contributed by atoms with Crippen LogP contribution >= 0.6 is 0 Å². The van der Waals surface area contributed by atoms with Crippen molar-refractivity contribution < 1.29 is 19.1 Å². The van der Waals surface area contributed by atoms with E-state index in [0.717, 1.165) is 51.4 Å². The minimum Gasteiger partial charge on any atom is -0.464 e. The molecular formula is C25H49NO4. The first-order chi connectivity index (χ1) is 14.7. The first kappa shape index (κ1) is 28.7. The van der Waals surface area contributed by atoms with Crippen LogP contribution in [-0.4, -0.2) is 31.3 Å². The minimum absolute atomic E-state index is 0.324. The highest BCUT2D eigenvalue weighted by molar-refractivity contribution is 5.81. The molecule has 0 saturated carbocycles. The lowest BCUT2D eigenvalue weighted by Crippen LogP contribution is -2.42. The Labute approximate surface area is 186 Å². The van der Waals surface area contributed by atoms with Gasteiger partial charge in [-0.25, -0.2) is 9.59 Å². The van der Waals surface area contributed by atoms with Crippen LogP contribution in [0.3, 0.4) is 0 Å². The molecule has 0 aromatic carbocycles. The van der Waals surface area contributed by atoms with Crippen LogP contribution in [0, 0.1) is 0 Å². The highest BCUT2D eigenvalue weighted by Gasteiger charge is 2.22. The van der Waals surface area contributed by atoms with Gasteiger partial charge in [0.1, 0.15) is 6.04 Å². The van der Waals surface area contributed by atoms with E-state index in [-0.39, 0.29) is 5.97 Å². The number of hydrogen-bond acceptors (Lipinski definition) is 4. The Balaban J connectivity index is 3.99. The number of unbranched alkanes of at least 4 members (excludes halogenated alkanes) is 13. The van der Waals surface area contributed by atoms with Gasteiger partial charge in [0.05, 0.1) is 13.2 Å². The van der Waals surface area contributed by atoms with Crippen molar-refractivity contribution in [2.24, 2.45) is 0 Å². The van der Waals surface area contributed by atoms with Crippen molar-refractivity contribution in [3.05, 3.63) is 0 Å². The van der Waals surface area contributed by atoms with Crippen LogP contribution in [-0.2, 0) is 14.3 Å². The van der Waals surface area contributed by atoms with Gasteiger partial charge in [0.2, 0.25) is 0 Å². The Morgan fingerprint density at radius 3 is 1.63 bits per heavy atom. The summed E-state index contributed by atoms with van der Waals surface area (Å²) in [6, 6.07) is -0.598. The van der Waals surface area contributed by atoms with Crippen molar-refractivity contribution in [3.8, 4) is 0 Å². The maximum Gasteiger partial charge on any atom is 0.407 e. The molecule has 0 bridgehead atoms. The molecule has 0 aromatic rings. The van der Waals surface area contributed by atoms with Gasteiger partial charge in [-0.15, -0.1) is 0 Å². The normalized spacial score (nSPS) is 11.8. The van der Waals surface area contributed by atoms with Crippen LogP contribution in [0.4, 0.5) is 4.79 Å². The maximum absolute atomic E-state index is 12.4. The van der Waals surface area contributed by atoms with E-state index in [2.05, 4.69) is 19.2 Å². The Morgan fingerprint density at radius 1 is 0.600 bits per heavy atom. The van der Waals surface area contributed by atoms with E-state index < -0.39 is 12.1 Å². The smallest absolute Gasteiger partial charge is 0.407 e. The SMILES string of the molecule is CCCCCCCCCCCCOC(=O)C(CCCCCC)NC(=O)OCCCC.